The van der Waals surface area contributed by atoms with Crippen molar-refractivity contribution in [2.75, 3.05) is 27.3 Å². The van der Waals surface area contributed by atoms with Crippen molar-refractivity contribution >= 4 is 17.8 Å². The number of likely N-dealkylation sites (tertiary alicyclic amines) is 1. The van der Waals surface area contributed by atoms with Crippen molar-refractivity contribution in [3.63, 3.8) is 0 Å². The molecular formula is C23H31N3O5. The maximum atomic E-state index is 13.3. The number of carbonyl (C=O) groups excluding carboxylic acids is 3. The number of carbonyl (C=O) groups is 3. The summed E-state index contributed by atoms with van der Waals surface area (Å²) >= 11 is 0. The zero-order valence-electron chi connectivity index (χ0n) is 18.5. The third-order valence-electron chi connectivity index (χ3n) is 7.16. The highest BCUT2D eigenvalue weighted by Crippen LogP contribution is 2.40. The summed E-state index contributed by atoms with van der Waals surface area (Å²) in [5, 5.41) is 2.92. The van der Waals surface area contributed by atoms with Gasteiger partial charge in [-0.1, -0.05) is 19.8 Å². The Labute approximate surface area is 182 Å². The molecule has 4 amide bonds. The third-order valence-corrected chi connectivity index (χ3v) is 7.16. The number of nitrogens with one attached hydrogen (secondary N) is 1. The molecule has 8 heteroatoms. The highest BCUT2D eigenvalue weighted by Gasteiger charge is 2.55. The molecule has 0 bridgehead atoms. The second-order valence-electron chi connectivity index (χ2n) is 8.79. The van der Waals surface area contributed by atoms with Crippen LogP contribution in [0.5, 0.6) is 11.5 Å². The lowest BCUT2D eigenvalue weighted by molar-refractivity contribution is -0.141. The molecule has 3 atom stereocenters. The largest absolute Gasteiger partial charge is 0.497 e. The molecule has 1 aromatic rings. The number of rotatable bonds is 5. The van der Waals surface area contributed by atoms with Gasteiger partial charge >= 0.3 is 6.03 Å². The predicted molar refractivity (Wildman–Crippen MR) is 114 cm³/mol. The first-order chi connectivity index (χ1) is 14.9. The van der Waals surface area contributed by atoms with Gasteiger partial charge in [0.25, 0.3) is 5.91 Å². The number of urea groups is 1. The van der Waals surface area contributed by atoms with Gasteiger partial charge in [0.05, 0.1) is 20.3 Å². The van der Waals surface area contributed by atoms with E-state index in [4.69, 9.17) is 9.47 Å². The Morgan fingerprint density at radius 2 is 1.97 bits per heavy atom. The number of hydrogen-bond acceptors (Lipinski definition) is 5. The molecule has 2 heterocycles. The molecule has 1 aliphatic carbocycles. The Kier molecular flexibility index (Phi) is 5.81. The first-order valence-electron chi connectivity index (χ1n) is 11.1. The molecule has 4 rings (SSSR count). The molecule has 168 valence electrons. The minimum Gasteiger partial charge on any atom is -0.497 e. The van der Waals surface area contributed by atoms with Crippen molar-refractivity contribution in [3.05, 3.63) is 23.8 Å². The van der Waals surface area contributed by atoms with Gasteiger partial charge in [0, 0.05) is 12.1 Å². The molecule has 2 saturated heterocycles. The molecule has 8 nitrogen and oxygen atoms in total. The van der Waals surface area contributed by atoms with Crippen LogP contribution in [0.4, 0.5) is 4.79 Å². The van der Waals surface area contributed by atoms with Crippen molar-refractivity contribution in [1.82, 2.24) is 15.1 Å². The molecule has 1 spiro atoms. The molecular weight excluding hydrogens is 398 g/mol. The Morgan fingerprint density at radius 1 is 1.16 bits per heavy atom. The van der Waals surface area contributed by atoms with E-state index in [-0.39, 0.29) is 30.3 Å². The number of hydrogen-bond donors (Lipinski definition) is 1. The zero-order chi connectivity index (χ0) is 22.2. The second kappa shape index (κ2) is 8.40. The molecule has 3 aliphatic rings. The number of imide groups is 1. The zero-order valence-corrected chi connectivity index (χ0v) is 18.5. The van der Waals surface area contributed by atoms with Crippen LogP contribution in [0.3, 0.4) is 0 Å². The number of nitrogens with zero attached hydrogens (tertiary/aromatic N) is 2. The average Bonchev–Trinajstić information content (AvgIpc) is 3.35. The van der Waals surface area contributed by atoms with Crippen molar-refractivity contribution in [3.8, 4) is 11.5 Å². The van der Waals surface area contributed by atoms with E-state index in [0.29, 0.717) is 24.5 Å². The Balaban J connectivity index is 1.53. The van der Waals surface area contributed by atoms with Gasteiger partial charge in [-0.15, -0.1) is 0 Å². The third kappa shape index (κ3) is 3.62. The summed E-state index contributed by atoms with van der Waals surface area (Å²) in [6.45, 7) is 2.35. The summed E-state index contributed by atoms with van der Waals surface area (Å²) in [5.41, 5.74) is 0.0260. The van der Waals surface area contributed by atoms with Crippen LogP contribution in [-0.4, -0.2) is 60.5 Å². The predicted octanol–water partition coefficient (Wildman–Crippen LogP) is 2.87. The summed E-state index contributed by atoms with van der Waals surface area (Å²) in [6, 6.07) is 4.91. The van der Waals surface area contributed by atoms with Crippen molar-refractivity contribution in [2.45, 2.75) is 57.0 Å². The van der Waals surface area contributed by atoms with Gasteiger partial charge in [-0.25, -0.2) is 4.79 Å². The van der Waals surface area contributed by atoms with Gasteiger partial charge in [0.2, 0.25) is 5.91 Å². The van der Waals surface area contributed by atoms with Gasteiger partial charge in [-0.2, -0.15) is 0 Å². The summed E-state index contributed by atoms with van der Waals surface area (Å²) in [4.78, 5) is 42.0. The highest BCUT2D eigenvalue weighted by atomic mass is 16.5. The van der Waals surface area contributed by atoms with Crippen LogP contribution in [-0.2, 0) is 9.59 Å². The van der Waals surface area contributed by atoms with Crippen LogP contribution in [0.1, 0.15) is 57.1 Å². The number of amides is 4. The first-order valence-corrected chi connectivity index (χ1v) is 11.1. The molecule has 1 aromatic carbocycles. The van der Waals surface area contributed by atoms with Gasteiger partial charge in [0.1, 0.15) is 23.6 Å². The quantitative estimate of drug-likeness (QED) is 0.727. The minimum atomic E-state index is -0.851. The maximum absolute atomic E-state index is 13.3. The fraction of sp³-hybridized carbons (Fsp3) is 0.609. The van der Waals surface area contributed by atoms with Crippen LogP contribution in [0.15, 0.2) is 18.2 Å². The first kappa shape index (κ1) is 21.5. The smallest absolute Gasteiger partial charge is 0.325 e. The van der Waals surface area contributed by atoms with Crippen molar-refractivity contribution < 1.29 is 23.9 Å². The van der Waals surface area contributed by atoms with Gasteiger partial charge in [0.15, 0.2) is 0 Å². The van der Waals surface area contributed by atoms with E-state index in [2.05, 4.69) is 5.32 Å². The molecule has 1 saturated carbocycles. The van der Waals surface area contributed by atoms with Crippen LogP contribution < -0.4 is 14.8 Å². The lowest BCUT2D eigenvalue weighted by Gasteiger charge is -2.37. The van der Waals surface area contributed by atoms with E-state index >= 15 is 0 Å². The number of methoxy groups -OCH3 is 2. The monoisotopic (exact) mass is 429 g/mol. The number of benzene rings is 1. The van der Waals surface area contributed by atoms with E-state index in [1.54, 1.807) is 19.1 Å². The van der Waals surface area contributed by atoms with Crippen LogP contribution >= 0.6 is 0 Å². The van der Waals surface area contributed by atoms with Crippen molar-refractivity contribution in [2.24, 2.45) is 5.92 Å². The van der Waals surface area contributed by atoms with E-state index in [1.165, 1.54) is 0 Å². The van der Waals surface area contributed by atoms with E-state index in [1.807, 2.05) is 25.1 Å². The van der Waals surface area contributed by atoms with Gasteiger partial charge < -0.3 is 19.7 Å². The molecule has 0 aromatic heterocycles. The highest BCUT2D eigenvalue weighted by molar-refractivity contribution is 6.09. The van der Waals surface area contributed by atoms with Crippen molar-refractivity contribution in [1.29, 1.82) is 0 Å². The van der Waals surface area contributed by atoms with Gasteiger partial charge in [-0.3, -0.25) is 14.5 Å². The van der Waals surface area contributed by atoms with Crippen LogP contribution in [0, 0.1) is 5.92 Å². The minimum absolute atomic E-state index is 0.0679. The second-order valence-corrected chi connectivity index (χ2v) is 8.79. The summed E-state index contributed by atoms with van der Waals surface area (Å²) in [6.07, 6.45) is 5.13. The summed E-state index contributed by atoms with van der Waals surface area (Å²) in [5.74, 6) is 0.968. The maximum Gasteiger partial charge on any atom is 0.325 e. The summed E-state index contributed by atoms with van der Waals surface area (Å²) < 4.78 is 10.9. The molecule has 2 aliphatic heterocycles. The number of ether oxygens (including phenoxy) is 2. The summed E-state index contributed by atoms with van der Waals surface area (Å²) in [7, 11) is 3.20. The molecule has 1 N–H and O–H groups in total. The fourth-order valence-corrected chi connectivity index (χ4v) is 5.35. The normalized spacial score (nSPS) is 28.2. The molecule has 3 fully saturated rings. The standard InChI is InChI=1S/C23H31N3O5/c1-15-7-4-5-11-23(15)21(28)26(22(29)24-23)14-20(27)25-12-6-8-18(25)17-13-16(30-2)9-10-19(17)31-3/h9-10,13,15,18H,4-8,11-12,14H2,1-3H3,(H,24,29)/t15-,18-,23-/m1/s1. The van der Waals surface area contributed by atoms with E-state index < -0.39 is 11.6 Å². The van der Waals surface area contributed by atoms with Gasteiger partial charge in [-0.05, 0) is 49.8 Å². The molecule has 0 unspecified atom stereocenters. The van der Waals surface area contributed by atoms with E-state index in [9.17, 15) is 14.4 Å². The molecule has 31 heavy (non-hydrogen) atoms. The average molecular weight is 430 g/mol. The van der Waals surface area contributed by atoms with Crippen LogP contribution in [0.2, 0.25) is 0 Å². The van der Waals surface area contributed by atoms with E-state index in [0.717, 1.165) is 42.6 Å². The Bertz CT molecular complexity index is 888. The SMILES string of the molecule is COc1ccc(OC)c([C@H]2CCCN2C(=O)CN2C(=O)N[C@@]3(CCCC[C@H]3C)C2=O)c1. The molecule has 0 radical (unpaired) electrons. The topological polar surface area (TPSA) is 88.2 Å². The lowest BCUT2D eigenvalue weighted by atomic mass is 9.73. The lowest BCUT2D eigenvalue weighted by Crippen LogP contribution is -2.54. The van der Waals surface area contributed by atoms with Crippen LogP contribution in [0.25, 0.3) is 0 Å². The Hall–Kier alpha value is -2.77. The Morgan fingerprint density at radius 3 is 2.68 bits per heavy atom. The fourth-order valence-electron chi connectivity index (χ4n) is 5.35.